The molecule has 0 spiro atoms. The Kier molecular flexibility index (Phi) is 3.81. The van der Waals surface area contributed by atoms with Crippen LogP contribution in [0.5, 0.6) is 0 Å². The minimum Gasteiger partial charge on any atom is -0.143 e. The van der Waals surface area contributed by atoms with Gasteiger partial charge in [0.25, 0.3) is 0 Å². The molecule has 0 aliphatic heterocycles. The third-order valence-corrected chi connectivity index (χ3v) is 2.27. The summed E-state index contributed by atoms with van der Waals surface area (Å²) in [4.78, 5) is 1.07. The number of thiol groups is 1. The van der Waals surface area contributed by atoms with Crippen molar-refractivity contribution < 1.29 is 0 Å². The Hall–Kier alpha value is -0.140. The average Bonchev–Trinajstić information content (AvgIpc) is 2.03. The lowest BCUT2D eigenvalue weighted by Gasteiger charge is -2.01. The number of hydrogen-bond donors (Lipinski definition) is 1. The molecule has 0 fully saturated rings. The molecule has 0 nitrogen and oxygen atoms in total. The highest BCUT2D eigenvalue weighted by Gasteiger charge is 1.95. The molecule has 11 heavy (non-hydrogen) atoms. The quantitative estimate of drug-likeness (QED) is 0.544. The minimum atomic E-state index is 0.724. The number of halogens is 1. The Bertz CT molecular complexity index is 223. The molecule has 0 aliphatic carbocycles. The van der Waals surface area contributed by atoms with E-state index in [9.17, 15) is 0 Å². The Morgan fingerprint density at radius 3 is 2.64 bits per heavy atom. The van der Waals surface area contributed by atoms with E-state index in [1.54, 1.807) is 0 Å². The number of alkyl halides is 1. The molecular formula is C9H11ClS. The van der Waals surface area contributed by atoms with E-state index in [1.165, 1.54) is 5.56 Å². The fourth-order valence-corrected chi connectivity index (χ4v) is 1.39. The summed E-state index contributed by atoms with van der Waals surface area (Å²) in [5, 5.41) is 0. The monoisotopic (exact) mass is 186 g/mol. The van der Waals surface area contributed by atoms with Gasteiger partial charge in [0.05, 0.1) is 0 Å². The first-order valence-corrected chi connectivity index (χ1v) is 4.65. The van der Waals surface area contributed by atoms with Crippen LogP contribution in [0, 0.1) is 0 Å². The second-order valence-corrected chi connectivity index (χ2v) is 3.28. The summed E-state index contributed by atoms with van der Waals surface area (Å²) in [7, 11) is 0. The highest BCUT2D eigenvalue weighted by atomic mass is 35.5. The van der Waals surface area contributed by atoms with Crippen LogP contribution in [-0.4, -0.2) is 5.88 Å². The maximum Gasteiger partial charge on any atom is 0.0226 e. The summed E-state index contributed by atoms with van der Waals surface area (Å²) in [5.41, 5.74) is 1.29. The number of benzene rings is 1. The van der Waals surface area contributed by atoms with Gasteiger partial charge in [-0.15, -0.1) is 24.2 Å². The molecule has 2 heteroatoms. The van der Waals surface area contributed by atoms with Crippen molar-refractivity contribution in [2.75, 3.05) is 5.88 Å². The zero-order chi connectivity index (χ0) is 8.10. The van der Waals surface area contributed by atoms with Crippen molar-refractivity contribution in [3.63, 3.8) is 0 Å². The molecular weight excluding hydrogens is 176 g/mol. The number of aryl methyl sites for hydroxylation is 1. The Balaban J connectivity index is 2.62. The summed E-state index contributed by atoms with van der Waals surface area (Å²) in [5.74, 6) is 0.724. The van der Waals surface area contributed by atoms with Gasteiger partial charge in [-0.1, -0.05) is 18.2 Å². The van der Waals surface area contributed by atoms with Crippen LogP contribution in [0.15, 0.2) is 29.2 Å². The molecule has 0 bridgehead atoms. The predicted molar refractivity (Wildman–Crippen MR) is 52.7 cm³/mol. The normalized spacial score (nSPS) is 10.0. The maximum atomic E-state index is 5.58. The number of hydrogen-bond acceptors (Lipinski definition) is 1. The van der Waals surface area contributed by atoms with Gasteiger partial charge >= 0.3 is 0 Å². The van der Waals surface area contributed by atoms with Crippen molar-refractivity contribution in [3.05, 3.63) is 29.8 Å². The fraction of sp³-hybridized carbons (Fsp3) is 0.333. The van der Waals surface area contributed by atoms with Gasteiger partial charge in [0.15, 0.2) is 0 Å². The molecule has 1 aromatic rings. The van der Waals surface area contributed by atoms with Crippen LogP contribution in [0.25, 0.3) is 0 Å². The lowest BCUT2D eigenvalue weighted by molar-refractivity contribution is 0.908. The van der Waals surface area contributed by atoms with Gasteiger partial charge in [0, 0.05) is 10.8 Å². The summed E-state index contributed by atoms with van der Waals surface area (Å²) in [6.45, 7) is 0. The second kappa shape index (κ2) is 4.68. The van der Waals surface area contributed by atoms with Gasteiger partial charge in [-0.05, 0) is 24.5 Å². The van der Waals surface area contributed by atoms with E-state index in [0.717, 1.165) is 23.6 Å². The Labute approximate surface area is 78.0 Å². The van der Waals surface area contributed by atoms with Gasteiger partial charge < -0.3 is 0 Å². The fourth-order valence-electron chi connectivity index (χ4n) is 0.979. The van der Waals surface area contributed by atoms with Crippen molar-refractivity contribution >= 4 is 24.2 Å². The standard InChI is InChI=1S/C9H11ClS/c10-7-3-5-8-4-1-2-6-9(8)11/h1-2,4,6,11H,3,5,7H2. The van der Waals surface area contributed by atoms with E-state index in [1.807, 2.05) is 18.2 Å². The second-order valence-electron chi connectivity index (χ2n) is 2.42. The first-order chi connectivity index (χ1) is 5.34. The van der Waals surface area contributed by atoms with Crippen molar-refractivity contribution in [1.82, 2.24) is 0 Å². The Morgan fingerprint density at radius 1 is 1.27 bits per heavy atom. The van der Waals surface area contributed by atoms with Gasteiger partial charge in [-0.2, -0.15) is 0 Å². The van der Waals surface area contributed by atoms with Gasteiger partial charge in [-0.3, -0.25) is 0 Å². The van der Waals surface area contributed by atoms with E-state index in [4.69, 9.17) is 11.6 Å². The predicted octanol–water partition coefficient (Wildman–Crippen LogP) is 3.15. The molecule has 0 saturated heterocycles. The molecule has 0 heterocycles. The Morgan fingerprint density at radius 2 is 2.00 bits per heavy atom. The molecule has 1 rings (SSSR count). The van der Waals surface area contributed by atoms with Gasteiger partial charge in [0.2, 0.25) is 0 Å². The van der Waals surface area contributed by atoms with Crippen LogP contribution in [0.3, 0.4) is 0 Å². The highest BCUT2D eigenvalue weighted by molar-refractivity contribution is 7.80. The summed E-state index contributed by atoms with van der Waals surface area (Å²) in [6, 6.07) is 8.12. The van der Waals surface area contributed by atoms with Crippen LogP contribution in [0.2, 0.25) is 0 Å². The van der Waals surface area contributed by atoms with E-state index < -0.39 is 0 Å². The van der Waals surface area contributed by atoms with E-state index in [0.29, 0.717) is 0 Å². The lowest BCUT2D eigenvalue weighted by Crippen LogP contribution is -1.87. The van der Waals surface area contributed by atoms with Crippen molar-refractivity contribution in [2.45, 2.75) is 17.7 Å². The van der Waals surface area contributed by atoms with Gasteiger partial charge in [-0.25, -0.2) is 0 Å². The van der Waals surface area contributed by atoms with Crippen LogP contribution in [0.1, 0.15) is 12.0 Å². The van der Waals surface area contributed by atoms with Crippen LogP contribution in [0.4, 0.5) is 0 Å². The number of rotatable bonds is 3. The molecule has 0 atom stereocenters. The molecule has 0 N–H and O–H groups in total. The van der Waals surface area contributed by atoms with E-state index in [2.05, 4.69) is 18.7 Å². The zero-order valence-corrected chi connectivity index (χ0v) is 7.91. The summed E-state index contributed by atoms with van der Waals surface area (Å²) < 4.78 is 0. The van der Waals surface area contributed by atoms with E-state index >= 15 is 0 Å². The lowest BCUT2D eigenvalue weighted by atomic mass is 10.1. The van der Waals surface area contributed by atoms with Gasteiger partial charge in [0.1, 0.15) is 0 Å². The molecule has 1 aromatic carbocycles. The minimum absolute atomic E-state index is 0.724. The topological polar surface area (TPSA) is 0 Å². The molecule has 60 valence electrons. The summed E-state index contributed by atoms with van der Waals surface area (Å²) >= 11 is 9.91. The zero-order valence-electron chi connectivity index (χ0n) is 6.26. The van der Waals surface area contributed by atoms with Crippen LogP contribution in [-0.2, 0) is 6.42 Å². The third-order valence-electron chi connectivity index (χ3n) is 1.57. The van der Waals surface area contributed by atoms with Crippen molar-refractivity contribution in [2.24, 2.45) is 0 Å². The first-order valence-electron chi connectivity index (χ1n) is 3.67. The first kappa shape index (κ1) is 8.95. The SMILES string of the molecule is Sc1ccccc1CCCCl. The third kappa shape index (κ3) is 2.76. The van der Waals surface area contributed by atoms with Crippen LogP contribution < -0.4 is 0 Å². The molecule has 0 radical (unpaired) electrons. The molecule has 0 aliphatic rings. The van der Waals surface area contributed by atoms with Crippen LogP contribution >= 0.6 is 24.2 Å². The van der Waals surface area contributed by atoms with Crippen molar-refractivity contribution in [3.8, 4) is 0 Å². The van der Waals surface area contributed by atoms with E-state index in [-0.39, 0.29) is 0 Å². The molecule has 0 aromatic heterocycles. The molecule has 0 unspecified atom stereocenters. The van der Waals surface area contributed by atoms with Crippen molar-refractivity contribution in [1.29, 1.82) is 0 Å². The average molecular weight is 187 g/mol. The molecule has 0 amide bonds. The largest absolute Gasteiger partial charge is 0.143 e. The highest BCUT2D eigenvalue weighted by Crippen LogP contribution is 2.14. The summed E-state index contributed by atoms with van der Waals surface area (Å²) in [6.07, 6.45) is 2.06. The molecule has 0 saturated carbocycles. The maximum absolute atomic E-state index is 5.58. The smallest absolute Gasteiger partial charge is 0.0226 e.